The molecule has 2 rings (SSSR count). The van der Waals surface area contributed by atoms with Gasteiger partial charge in [-0.15, -0.1) is 0 Å². The number of halogens is 3. The van der Waals surface area contributed by atoms with E-state index in [1.807, 2.05) is 0 Å². The quantitative estimate of drug-likeness (QED) is 0.767. The molecule has 0 spiro atoms. The standard InChI is InChI=1S/C10H8F3NO2/c1-15-8-3-5(14)2-6-7(10(11,12)13)4-16-9(6)8/h2-4H,14H2,1H3. The number of rotatable bonds is 1. The number of hydrogen-bond donors (Lipinski definition) is 1. The van der Waals surface area contributed by atoms with Crippen molar-refractivity contribution in [2.45, 2.75) is 6.18 Å². The van der Waals surface area contributed by atoms with Gasteiger partial charge < -0.3 is 14.9 Å². The van der Waals surface area contributed by atoms with E-state index in [9.17, 15) is 13.2 Å². The first-order valence-corrected chi connectivity index (χ1v) is 4.35. The van der Waals surface area contributed by atoms with Crippen LogP contribution in [0.5, 0.6) is 5.75 Å². The molecule has 0 amide bonds. The number of alkyl halides is 3. The summed E-state index contributed by atoms with van der Waals surface area (Å²) in [6.07, 6.45) is -3.81. The number of fused-ring (bicyclic) bond motifs is 1. The summed E-state index contributed by atoms with van der Waals surface area (Å²) < 4.78 is 47.5. The monoisotopic (exact) mass is 231 g/mol. The van der Waals surface area contributed by atoms with Crippen molar-refractivity contribution in [3.8, 4) is 5.75 Å². The average Bonchev–Trinajstić information content (AvgIpc) is 2.58. The van der Waals surface area contributed by atoms with Crippen molar-refractivity contribution in [3.63, 3.8) is 0 Å². The van der Waals surface area contributed by atoms with Crippen LogP contribution in [0.15, 0.2) is 22.8 Å². The fourth-order valence-electron chi connectivity index (χ4n) is 1.50. The van der Waals surface area contributed by atoms with Crippen molar-refractivity contribution in [1.29, 1.82) is 0 Å². The van der Waals surface area contributed by atoms with E-state index >= 15 is 0 Å². The molecule has 1 aromatic carbocycles. The van der Waals surface area contributed by atoms with Crippen LogP contribution in [0.2, 0.25) is 0 Å². The molecular formula is C10H8F3NO2. The Hall–Kier alpha value is -1.85. The van der Waals surface area contributed by atoms with Gasteiger partial charge >= 0.3 is 6.18 Å². The Kier molecular flexibility index (Phi) is 2.22. The van der Waals surface area contributed by atoms with Gasteiger partial charge in [0.05, 0.1) is 7.11 Å². The molecule has 0 aliphatic heterocycles. The third-order valence-electron chi connectivity index (χ3n) is 2.19. The van der Waals surface area contributed by atoms with Crippen molar-refractivity contribution in [3.05, 3.63) is 24.0 Å². The van der Waals surface area contributed by atoms with Gasteiger partial charge in [-0.25, -0.2) is 0 Å². The summed E-state index contributed by atoms with van der Waals surface area (Å²) >= 11 is 0. The molecule has 0 saturated heterocycles. The molecule has 0 atom stereocenters. The Balaban J connectivity index is 2.77. The number of anilines is 1. The Morgan fingerprint density at radius 1 is 1.31 bits per heavy atom. The van der Waals surface area contributed by atoms with Crippen LogP contribution in [0.3, 0.4) is 0 Å². The van der Waals surface area contributed by atoms with Crippen molar-refractivity contribution in [2.24, 2.45) is 0 Å². The summed E-state index contributed by atoms with van der Waals surface area (Å²) in [5.74, 6) is 0.186. The predicted octanol–water partition coefficient (Wildman–Crippen LogP) is 3.04. The Bertz CT molecular complexity index is 531. The van der Waals surface area contributed by atoms with E-state index in [0.717, 1.165) is 0 Å². The first kappa shape index (κ1) is 10.7. The lowest BCUT2D eigenvalue weighted by molar-refractivity contribution is -0.136. The molecule has 3 nitrogen and oxygen atoms in total. The van der Waals surface area contributed by atoms with Gasteiger partial charge in [0.15, 0.2) is 11.3 Å². The second-order valence-electron chi connectivity index (χ2n) is 3.25. The number of benzene rings is 1. The first-order valence-electron chi connectivity index (χ1n) is 4.35. The lowest BCUT2D eigenvalue weighted by atomic mass is 10.1. The minimum atomic E-state index is -4.47. The Morgan fingerprint density at radius 2 is 2.00 bits per heavy atom. The van der Waals surface area contributed by atoms with Crippen molar-refractivity contribution < 1.29 is 22.3 Å². The number of nitrogens with two attached hydrogens (primary N) is 1. The maximum atomic E-state index is 12.6. The zero-order valence-electron chi connectivity index (χ0n) is 8.26. The van der Waals surface area contributed by atoms with E-state index in [0.29, 0.717) is 6.26 Å². The second-order valence-corrected chi connectivity index (χ2v) is 3.25. The van der Waals surface area contributed by atoms with Gasteiger partial charge in [0, 0.05) is 17.1 Å². The van der Waals surface area contributed by atoms with Crippen LogP contribution in [-0.2, 0) is 6.18 Å². The summed E-state index contributed by atoms with van der Waals surface area (Å²) in [6, 6.07) is 2.62. The maximum absolute atomic E-state index is 12.6. The molecule has 16 heavy (non-hydrogen) atoms. The molecular weight excluding hydrogens is 223 g/mol. The molecule has 0 radical (unpaired) electrons. The summed E-state index contributed by atoms with van der Waals surface area (Å²) in [5, 5.41) is -0.0932. The van der Waals surface area contributed by atoms with Crippen molar-refractivity contribution in [1.82, 2.24) is 0 Å². The number of furan rings is 1. The Labute approximate surface area is 88.6 Å². The van der Waals surface area contributed by atoms with E-state index in [1.165, 1.54) is 19.2 Å². The number of hydrogen-bond acceptors (Lipinski definition) is 3. The molecule has 0 fully saturated rings. The number of ether oxygens (including phenoxy) is 1. The molecule has 0 aliphatic rings. The molecule has 2 aromatic rings. The lowest BCUT2D eigenvalue weighted by Gasteiger charge is -2.05. The summed E-state index contributed by atoms with van der Waals surface area (Å²) in [5.41, 5.74) is 4.87. The lowest BCUT2D eigenvalue weighted by Crippen LogP contribution is -2.03. The molecule has 1 heterocycles. The van der Waals surface area contributed by atoms with Crippen LogP contribution in [0.4, 0.5) is 18.9 Å². The van der Waals surface area contributed by atoms with Crippen LogP contribution in [-0.4, -0.2) is 7.11 Å². The second kappa shape index (κ2) is 3.33. The number of methoxy groups -OCH3 is 1. The third-order valence-corrected chi connectivity index (χ3v) is 2.19. The van der Waals surface area contributed by atoms with Gasteiger partial charge in [0.25, 0.3) is 0 Å². The maximum Gasteiger partial charge on any atom is 0.420 e. The third kappa shape index (κ3) is 1.56. The van der Waals surface area contributed by atoms with Gasteiger partial charge in [-0.1, -0.05) is 0 Å². The smallest absolute Gasteiger partial charge is 0.420 e. The molecule has 6 heteroatoms. The highest BCUT2D eigenvalue weighted by atomic mass is 19.4. The van der Waals surface area contributed by atoms with Crippen molar-refractivity contribution >= 4 is 16.7 Å². The van der Waals surface area contributed by atoms with Crippen LogP contribution < -0.4 is 10.5 Å². The van der Waals surface area contributed by atoms with Crippen LogP contribution >= 0.6 is 0 Å². The summed E-state index contributed by atoms with van der Waals surface area (Å²) in [4.78, 5) is 0. The van der Waals surface area contributed by atoms with Crippen LogP contribution in [0.1, 0.15) is 5.56 Å². The van der Waals surface area contributed by atoms with Gasteiger partial charge in [-0.3, -0.25) is 0 Å². The molecule has 0 bridgehead atoms. The fraction of sp³-hybridized carbons (Fsp3) is 0.200. The summed E-state index contributed by atoms with van der Waals surface area (Å²) in [6.45, 7) is 0. The Morgan fingerprint density at radius 3 is 2.56 bits per heavy atom. The zero-order chi connectivity index (χ0) is 11.9. The normalized spacial score (nSPS) is 12.0. The average molecular weight is 231 g/mol. The minimum Gasteiger partial charge on any atom is -0.493 e. The molecule has 0 saturated carbocycles. The highest BCUT2D eigenvalue weighted by Crippen LogP contribution is 2.40. The van der Waals surface area contributed by atoms with Crippen LogP contribution in [0, 0.1) is 0 Å². The highest BCUT2D eigenvalue weighted by molar-refractivity contribution is 5.89. The number of nitrogen functional groups attached to an aromatic ring is 1. The largest absolute Gasteiger partial charge is 0.493 e. The highest BCUT2D eigenvalue weighted by Gasteiger charge is 2.35. The van der Waals surface area contributed by atoms with Crippen LogP contribution in [0.25, 0.3) is 11.0 Å². The fourth-order valence-corrected chi connectivity index (χ4v) is 1.50. The van der Waals surface area contributed by atoms with E-state index in [2.05, 4.69) is 0 Å². The molecule has 0 aliphatic carbocycles. The SMILES string of the molecule is COc1cc(N)cc2c(C(F)(F)F)coc12. The molecule has 1 aromatic heterocycles. The first-order chi connectivity index (χ1) is 7.43. The van der Waals surface area contributed by atoms with E-state index in [-0.39, 0.29) is 22.4 Å². The van der Waals surface area contributed by atoms with E-state index < -0.39 is 11.7 Å². The van der Waals surface area contributed by atoms with Crippen molar-refractivity contribution in [2.75, 3.05) is 12.8 Å². The van der Waals surface area contributed by atoms with E-state index in [4.69, 9.17) is 14.9 Å². The molecule has 0 unspecified atom stereocenters. The van der Waals surface area contributed by atoms with Gasteiger partial charge in [-0.2, -0.15) is 13.2 Å². The molecule has 86 valence electrons. The van der Waals surface area contributed by atoms with E-state index in [1.54, 1.807) is 0 Å². The zero-order valence-corrected chi connectivity index (χ0v) is 8.26. The van der Waals surface area contributed by atoms with Gasteiger partial charge in [0.2, 0.25) is 0 Å². The topological polar surface area (TPSA) is 48.4 Å². The summed E-state index contributed by atoms with van der Waals surface area (Å²) in [7, 11) is 1.34. The van der Waals surface area contributed by atoms with Gasteiger partial charge in [-0.05, 0) is 6.07 Å². The van der Waals surface area contributed by atoms with Gasteiger partial charge in [0.1, 0.15) is 11.8 Å². The minimum absolute atomic E-state index is 0.0454. The molecule has 2 N–H and O–H groups in total. The predicted molar refractivity (Wildman–Crippen MR) is 52.2 cm³/mol.